The van der Waals surface area contributed by atoms with Crippen molar-refractivity contribution >= 4 is 11.6 Å². The molecule has 1 nitrogen and oxygen atoms in total. The van der Waals surface area contributed by atoms with Crippen molar-refractivity contribution in [3.05, 3.63) is 71.8 Å². The smallest absolute Gasteiger partial charge is 0.140 e. The van der Waals surface area contributed by atoms with Gasteiger partial charge >= 0.3 is 0 Å². The van der Waals surface area contributed by atoms with E-state index in [1.54, 1.807) is 6.61 Å². The highest BCUT2D eigenvalue weighted by Crippen LogP contribution is 2.16. The van der Waals surface area contributed by atoms with Crippen LogP contribution in [-0.2, 0) is 6.42 Å². The lowest BCUT2D eigenvalue weighted by Crippen LogP contribution is -1.94. The molecular weight excluding hydrogens is 220 g/mol. The molecule has 0 N–H and O–H groups in total. The maximum atomic E-state index is 5.78. The van der Waals surface area contributed by atoms with Crippen LogP contribution in [0.3, 0.4) is 0 Å². The molecular formula is C14H12ClO. The van der Waals surface area contributed by atoms with Crippen LogP contribution in [0.1, 0.15) is 5.56 Å². The molecule has 2 heteroatoms. The van der Waals surface area contributed by atoms with E-state index in [0.29, 0.717) is 0 Å². The van der Waals surface area contributed by atoms with E-state index in [9.17, 15) is 0 Å². The molecule has 0 aliphatic carbocycles. The first-order chi connectivity index (χ1) is 7.84. The Morgan fingerprint density at radius 1 is 0.938 bits per heavy atom. The molecule has 0 amide bonds. The number of benzene rings is 2. The predicted molar refractivity (Wildman–Crippen MR) is 66.5 cm³/mol. The van der Waals surface area contributed by atoms with Gasteiger partial charge < -0.3 is 4.74 Å². The summed E-state index contributed by atoms with van der Waals surface area (Å²) in [5.74, 6) is 0.806. The van der Waals surface area contributed by atoms with Gasteiger partial charge in [0.1, 0.15) is 12.4 Å². The highest BCUT2D eigenvalue weighted by molar-refractivity contribution is 6.30. The minimum atomic E-state index is 0.718. The van der Waals surface area contributed by atoms with E-state index in [2.05, 4.69) is 12.1 Å². The Bertz CT molecular complexity index is 422. The number of rotatable bonds is 4. The van der Waals surface area contributed by atoms with E-state index >= 15 is 0 Å². The normalized spacial score (nSPS) is 10.1. The molecule has 0 heterocycles. The van der Waals surface area contributed by atoms with Crippen LogP contribution < -0.4 is 4.74 Å². The lowest BCUT2D eigenvalue weighted by molar-refractivity contribution is 0.401. The Balaban J connectivity index is 1.82. The van der Waals surface area contributed by atoms with Gasteiger partial charge in [-0.15, -0.1) is 0 Å². The summed E-state index contributed by atoms with van der Waals surface area (Å²) in [5, 5.41) is 0.718. The van der Waals surface area contributed by atoms with E-state index in [0.717, 1.165) is 17.2 Å². The van der Waals surface area contributed by atoms with E-state index in [1.165, 1.54) is 5.56 Å². The van der Waals surface area contributed by atoms with Crippen LogP contribution in [-0.4, -0.2) is 0 Å². The van der Waals surface area contributed by atoms with Crippen LogP contribution in [0.5, 0.6) is 5.75 Å². The summed E-state index contributed by atoms with van der Waals surface area (Å²) in [4.78, 5) is 0. The van der Waals surface area contributed by atoms with Gasteiger partial charge in [0.2, 0.25) is 0 Å². The molecule has 2 aromatic carbocycles. The van der Waals surface area contributed by atoms with Crippen molar-refractivity contribution in [1.29, 1.82) is 0 Å². The Labute approximate surface area is 101 Å². The average molecular weight is 232 g/mol. The summed E-state index contributed by atoms with van der Waals surface area (Å²) in [6.45, 7) is 1.79. The third-order valence-electron chi connectivity index (χ3n) is 2.19. The molecule has 0 aliphatic heterocycles. The van der Waals surface area contributed by atoms with Crippen molar-refractivity contribution in [1.82, 2.24) is 0 Å². The number of hydrogen-bond donors (Lipinski definition) is 0. The first-order valence-corrected chi connectivity index (χ1v) is 5.50. The van der Waals surface area contributed by atoms with Gasteiger partial charge in [0, 0.05) is 11.4 Å². The van der Waals surface area contributed by atoms with Gasteiger partial charge in [0.25, 0.3) is 0 Å². The second kappa shape index (κ2) is 5.57. The molecule has 0 saturated heterocycles. The number of halogens is 1. The molecule has 0 spiro atoms. The minimum absolute atomic E-state index is 0.718. The summed E-state index contributed by atoms with van der Waals surface area (Å²) in [6, 6.07) is 17.5. The Morgan fingerprint density at radius 2 is 1.62 bits per heavy atom. The predicted octanol–water partition coefficient (Wildman–Crippen LogP) is 4.12. The monoisotopic (exact) mass is 231 g/mol. The summed E-state index contributed by atoms with van der Waals surface area (Å²) in [7, 11) is 0. The van der Waals surface area contributed by atoms with Gasteiger partial charge in [-0.3, -0.25) is 0 Å². The van der Waals surface area contributed by atoms with Crippen molar-refractivity contribution in [2.24, 2.45) is 0 Å². The fraction of sp³-hybridized carbons (Fsp3) is 0.0714. The van der Waals surface area contributed by atoms with E-state index < -0.39 is 0 Å². The number of hydrogen-bond acceptors (Lipinski definition) is 1. The second-order valence-electron chi connectivity index (χ2n) is 3.43. The molecule has 0 saturated carbocycles. The second-order valence-corrected chi connectivity index (χ2v) is 3.86. The van der Waals surface area contributed by atoms with Crippen molar-refractivity contribution in [2.75, 3.05) is 0 Å². The molecule has 16 heavy (non-hydrogen) atoms. The van der Waals surface area contributed by atoms with Crippen molar-refractivity contribution in [3.8, 4) is 5.75 Å². The van der Waals surface area contributed by atoms with Gasteiger partial charge in [0.15, 0.2) is 0 Å². The fourth-order valence-corrected chi connectivity index (χ4v) is 1.49. The zero-order valence-corrected chi connectivity index (χ0v) is 9.52. The van der Waals surface area contributed by atoms with Crippen LogP contribution in [0.25, 0.3) is 0 Å². The van der Waals surface area contributed by atoms with Crippen LogP contribution >= 0.6 is 11.6 Å². The van der Waals surface area contributed by atoms with Crippen molar-refractivity contribution in [2.45, 2.75) is 6.42 Å². The molecule has 81 valence electrons. The number of ether oxygens (including phenoxy) is 1. The molecule has 0 bridgehead atoms. The van der Waals surface area contributed by atoms with Crippen molar-refractivity contribution < 1.29 is 4.74 Å². The topological polar surface area (TPSA) is 9.23 Å². The van der Waals surface area contributed by atoms with Gasteiger partial charge in [-0.05, 0) is 29.8 Å². The van der Waals surface area contributed by atoms with Gasteiger partial charge in [0.05, 0.1) is 0 Å². The highest BCUT2D eigenvalue weighted by Gasteiger charge is 1.95. The Kier molecular flexibility index (Phi) is 3.84. The quantitative estimate of drug-likeness (QED) is 0.769. The van der Waals surface area contributed by atoms with E-state index in [1.807, 2.05) is 42.5 Å². The summed E-state index contributed by atoms with van der Waals surface area (Å²) in [6.07, 6.45) is 0.795. The molecule has 0 unspecified atom stereocenters. The largest absolute Gasteiger partial charge is 0.486 e. The third-order valence-corrected chi connectivity index (χ3v) is 2.45. The van der Waals surface area contributed by atoms with Crippen LogP contribution in [0.4, 0.5) is 0 Å². The van der Waals surface area contributed by atoms with Crippen LogP contribution in [0.2, 0.25) is 5.02 Å². The summed E-state index contributed by atoms with van der Waals surface area (Å²) in [5.41, 5.74) is 1.23. The minimum Gasteiger partial charge on any atom is -0.486 e. The molecule has 0 aliphatic rings. The molecule has 0 aromatic heterocycles. The molecule has 1 radical (unpaired) electrons. The Hall–Kier alpha value is -1.47. The lowest BCUT2D eigenvalue weighted by Gasteiger charge is -2.05. The standard InChI is InChI=1S/C14H12ClO/c15-13-6-8-14(9-7-13)16-11-10-12-4-2-1-3-5-12/h1-9,11H,10H2. The van der Waals surface area contributed by atoms with E-state index in [4.69, 9.17) is 16.3 Å². The van der Waals surface area contributed by atoms with E-state index in [-0.39, 0.29) is 0 Å². The summed E-state index contributed by atoms with van der Waals surface area (Å²) < 4.78 is 5.48. The van der Waals surface area contributed by atoms with Gasteiger partial charge in [-0.2, -0.15) is 0 Å². The molecule has 2 aromatic rings. The zero-order valence-electron chi connectivity index (χ0n) is 8.77. The SMILES string of the molecule is Clc1ccc(O[CH]Cc2ccccc2)cc1. The highest BCUT2D eigenvalue weighted by atomic mass is 35.5. The van der Waals surface area contributed by atoms with Gasteiger partial charge in [-0.1, -0.05) is 41.9 Å². The Morgan fingerprint density at radius 3 is 2.31 bits per heavy atom. The van der Waals surface area contributed by atoms with Gasteiger partial charge in [-0.25, -0.2) is 0 Å². The maximum absolute atomic E-state index is 5.78. The maximum Gasteiger partial charge on any atom is 0.140 e. The molecule has 0 atom stereocenters. The summed E-state index contributed by atoms with van der Waals surface area (Å²) >= 11 is 5.78. The zero-order chi connectivity index (χ0) is 11.2. The van der Waals surface area contributed by atoms with Crippen LogP contribution in [0.15, 0.2) is 54.6 Å². The van der Waals surface area contributed by atoms with Crippen molar-refractivity contribution in [3.63, 3.8) is 0 Å². The molecule has 2 rings (SSSR count). The fourth-order valence-electron chi connectivity index (χ4n) is 1.36. The molecule has 0 fully saturated rings. The lowest BCUT2D eigenvalue weighted by atomic mass is 10.2. The third kappa shape index (κ3) is 3.28. The first kappa shape index (κ1) is 11.0. The average Bonchev–Trinajstić information content (AvgIpc) is 2.33. The first-order valence-electron chi connectivity index (χ1n) is 5.12. The van der Waals surface area contributed by atoms with Crippen LogP contribution in [0, 0.1) is 6.61 Å².